The van der Waals surface area contributed by atoms with E-state index >= 15 is 0 Å². The second-order valence-electron chi connectivity index (χ2n) is 7.36. The maximum absolute atomic E-state index is 6.20. The summed E-state index contributed by atoms with van der Waals surface area (Å²) in [4.78, 5) is 0. The van der Waals surface area contributed by atoms with Crippen LogP contribution in [0.5, 0.6) is 0 Å². The first-order valence-electron chi connectivity index (χ1n) is 8.03. The molecular formula is C17H24O5. The Labute approximate surface area is 131 Å². The zero-order valence-corrected chi connectivity index (χ0v) is 13.5. The Morgan fingerprint density at radius 1 is 0.864 bits per heavy atom. The summed E-state index contributed by atoms with van der Waals surface area (Å²) in [5, 5.41) is 0. The standard InChI is InChI=1S/C17H24O5/c1-16(2)18-9-11(20-16)13-12(10-7-5-6-8-10)14-15(19-13)22-17(3,4)21-14/h5-8,10-15H,9H2,1-4H3/t11-,12+,13?,14+,15+/m0/s1. The Bertz CT molecular complexity index is 497. The minimum absolute atomic E-state index is 0.0790. The van der Waals surface area contributed by atoms with Crippen LogP contribution in [0.4, 0.5) is 0 Å². The molecule has 0 aromatic heterocycles. The van der Waals surface area contributed by atoms with Gasteiger partial charge in [-0.2, -0.15) is 0 Å². The molecule has 3 saturated heterocycles. The zero-order valence-electron chi connectivity index (χ0n) is 13.5. The average molecular weight is 308 g/mol. The molecule has 4 rings (SSSR count). The van der Waals surface area contributed by atoms with E-state index in [9.17, 15) is 0 Å². The summed E-state index contributed by atoms with van der Waals surface area (Å²) < 4.78 is 30.0. The lowest BCUT2D eigenvalue weighted by atomic mass is 9.83. The van der Waals surface area contributed by atoms with E-state index in [4.69, 9.17) is 23.7 Å². The molecular weight excluding hydrogens is 284 g/mol. The van der Waals surface area contributed by atoms with E-state index in [0.717, 1.165) is 0 Å². The Kier molecular flexibility index (Phi) is 3.30. The van der Waals surface area contributed by atoms with Crippen LogP contribution in [-0.2, 0) is 23.7 Å². The topological polar surface area (TPSA) is 46.2 Å². The summed E-state index contributed by atoms with van der Waals surface area (Å²) in [6.45, 7) is 8.27. The summed E-state index contributed by atoms with van der Waals surface area (Å²) in [5.41, 5.74) is 0. The third kappa shape index (κ3) is 2.45. The van der Waals surface area contributed by atoms with E-state index in [2.05, 4.69) is 24.3 Å². The van der Waals surface area contributed by atoms with Gasteiger partial charge in [0.05, 0.1) is 12.7 Å². The third-order valence-corrected chi connectivity index (χ3v) is 4.76. The third-order valence-electron chi connectivity index (χ3n) is 4.76. The number of rotatable bonds is 2. The molecule has 0 aromatic carbocycles. The Hall–Kier alpha value is -0.720. The molecule has 0 amide bonds. The second kappa shape index (κ2) is 4.89. The molecule has 3 aliphatic heterocycles. The van der Waals surface area contributed by atoms with E-state index in [1.54, 1.807) is 0 Å². The van der Waals surface area contributed by atoms with Crippen molar-refractivity contribution in [2.24, 2.45) is 11.8 Å². The van der Waals surface area contributed by atoms with Crippen LogP contribution < -0.4 is 0 Å². The Morgan fingerprint density at radius 3 is 2.23 bits per heavy atom. The van der Waals surface area contributed by atoms with Gasteiger partial charge in [-0.15, -0.1) is 0 Å². The molecule has 5 nitrogen and oxygen atoms in total. The molecule has 1 aliphatic carbocycles. The first kappa shape index (κ1) is 14.8. The number of allylic oxidation sites excluding steroid dienone is 4. The molecule has 5 atom stereocenters. The molecule has 0 radical (unpaired) electrons. The van der Waals surface area contributed by atoms with Gasteiger partial charge in [-0.05, 0) is 27.7 Å². The quantitative estimate of drug-likeness (QED) is 0.784. The Morgan fingerprint density at radius 2 is 1.59 bits per heavy atom. The molecule has 4 aliphatic rings. The van der Waals surface area contributed by atoms with Crippen LogP contribution in [0.15, 0.2) is 24.3 Å². The van der Waals surface area contributed by atoms with Gasteiger partial charge in [0.25, 0.3) is 0 Å². The van der Waals surface area contributed by atoms with Crippen molar-refractivity contribution in [2.75, 3.05) is 6.61 Å². The van der Waals surface area contributed by atoms with E-state index < -0.39 is 11.6 Å². The first-order valence-corrected chi connectivity index (χ1v) is 8.03. The van der Waals surface area contributed by atoms with Crippen molar-refractivity contribution in [1.82, 2.24) is 0 Å². The summed E-state index contributed by atoms with van der Waals surface area (Å²) in [6.07, 6.45) is 7.94. The van der Waals surface area contributed by atoms with E-state index in [1.165, 1.54) is 0 Å². The van der Waals surface area contributed by atoms with Crippen LogP contribution in [0.1, 0.15) is 27.7 Å². The van der Waals surface area contributed by atoms with Crippen LogP contribution in [0.3, 0.4) is 0 Å². The van der Waals surface area contributed by atoms with Gasteiger partial charge < -0.3 is 23.7 Å². The van der Waals surface area contributed by atoms with E-state index in [0.29, 0.717) is 6.61 Å². The number of hydrogen-bond donors (Lipinski definition) is 0. The highest BCUT2D eigenvalue weighted by Gasteiger charge is 2.59. The van der Waals surface area contributed by atoms with Crippen molar-refractivity contribution in [1.29, 1.82) is 0 Å². The van der Waals surface area contributed by atoms with Gasteiger partial charge >= 0.3 is 0 Å². The first-order chi connectivity index (χ1) is 10.3. The smallest absolute Gasteiger partial charge is 0.187 e. The van der Waals surface area contributed by atoms with Crippen molar-refractivity contribution in [3.63, 3.8) is 0 Å². The maximum atomic E-state index is 6.20. The minimum atomic E-state index is -0.600. The summed E-state index contributed by atoms with van der Waals surface area (Å²) in [7, 11) is 0. The monoisotopic (exact) mass is 308 g/mol. The lowest BCUT2D eigenvalue weighted by Crippen LogP contribution is -2.41. The van der Waals surface area contributed by atoms with Gasteiger partial charge in [-0.1, -0.05) is 24.3 Å². The number of hydrogen-bond acceptors (Lipinski definition) is 5. The van der Waals surface area contributed by atoms with Gasteiger partial charge in [0, 0.05) is 11.8 Å². The van der Waals surface area contributed by atoms with Crippen LogP contribution in [0.25, 0.3) is 0 Å². The number of fused-ring (bicyclic) bond motifs is 1. The predicted octanol–water partition coefficient (Wildman–Crippen LogP) is 2.37. The fraction of sp³-hybridized carbons (Fsp3) is 0.765. The molecule has 0 bridgehead atoms. The van der Waals surface area contributed by atoms with E-state index in [1.807, 2.05) is 27.7 Å². The molecule has 0 aromatic rings. The molecule has 3 fully saturated rings. The second-order valence-corrected chi connectivity index (χ2v) is 7.36. The van der Waals surface area contributed by atoms with Crippen molar-refractivity contribution < 1.29 is 23.7 Å². The molecule has 5 heteroatoms. The van der Waals surface area contributed by atoms with E-state index in [-0.39, 0.29) is 36.4 Å². The van der Waals surface area contributed by atoms with Crippen LogP contribution in [0, 0.1) is 11.8 Å². The molecule has 0 N–H and O–H groups in total. The van der Waals surface area contributed by atoms with Gasteiger partial charge in [0.1, 0.15) is 12.2 Å². The molecule has 0 saturated carbocycles. The van der Waals surface area contributed by atoms with Gasteiger partial charge in [-0.25, -0.2) is 0 Å². The van der Waals surface area contributed by atoms with Crippen molar-refractivity contribution in [3.05, 3.63) is 24.3 Å². The molecule has 122 valence electrons. The predicted molar refractivity (Wildman–Crippen MR) is 78.9 cm³/mol. The van der Waals surface area contributed by atoms with Crippen molar-refractivity contribution >= 4 is 0 Å². The van der Waals surface area contributed by atoms with Crippen molar-refractivity contribution in [3.8, 4) is 0 Å². The summed E-state index contributed by atoms with van der Waals surface area (Å²) in [5.74, 6) is -0.704. The maximum Gasteiger partial charge on any atom is 0.187 e. The molecule has 3 heterocycles. The van der Waals surface area contributed by atoms with Crippen LogP contribution in [-0.4, -0.2) is 42.8 Å². The highest BCUT2D eigenvalue weighted by atomic mass is 16.8. The number of ether oxygens (including phenoxy) is 5. The minimum Gasteiger partial charge on any atom is -0.348 e. The lowest BCUT2D eigenvalue weighted by Gasteiger charge is -2.31. The normalized spacial score (nSPS) is 45.7. The largest absolute Gasteiger partial charge is 0.348 e. The fourth-order valence-electron chi connectivity index (χ4n) is 3.91. The fourth-order valence-corrected chi connectivity index (χ4v) is 3.91. The molecule has 0 spiro atoms. The van der Waals surface area contributed by atoms with Gasteiger partial charge in [0.15, 0.2) is 17.9 Å². The van der Waals surface area contributed by atoms with Crippen LogP contribution in [0.2, 0.25) is 0 Å². The highest BCUT2D eigenvalue weighted by molar-refractivity contribution is 5.21. The molecule has 22 heavy (non-hydrogen) atoms. The van der Waals surface area contributed by atoms with Crippen LogP contribution >= 0.6 is 0 Å². The SMILES string of the molecule is CC1(C)O[C@H]2OC([C@@H]3COC(C)(C)O3)[C@@H](C3C=CC=C3)[C@H]2O1. The zero-order chi connectivity index (χ0) is 15.5. The lowest BCUT2D eigenvalue weighted by molar-refractivity contribution is -0.228. The highest BCUT2D eigenvalue weighted by Crippen LogP contribution is 2.47. The average Bonchev–Trinajstić information content (AvgIpc) is 3.11. The molecule has 1 unspecified atom stereocenters. The summed E-state index contributed by atoms with van der Waals surface area (Å²) >= 11 is 0. The van der Waals surface area contributed by atoms with Crippen molar-refractivity contribution in [2.45, 2.75) is 63.9 Å². The van der Waals surface area contributed by atoms with Gasteiger partial charge in [0.2, 0.25) is 0 Å². The van der Waals surface area contributed by atoms with Gasteiger partial charge in [-0.3, -0.25) is 0 Å². The summed E-state index contributed by atoms with van der Waals surface area (Å²) in [6, 6.07) is 0. The Balaban J connectivity index is 1.59.